The lowest BCUT2D eigenvalue weighted by Gasteiger charge is -2.43. The molecule has 0 aromatic heterocycles. The molecular formula is C21H23Cl2N3O. The van der Waals surface area contributed by atoms with Crippen molar-refractivity contribution in [3.05, 3.63) is 69.2 Å². The molecule has 2 aromatic carbocycles. The van der Waals surface area contributed by atoms with Gasteiger partial charge in [0.25, 0.3) is 0 Å². The van der Waals surface area contributed by atoms with Crippen LogP contribution in [0.3, 0.4) is 0 Å². The van der Waals surface area contributed by atoms with Gasteiger partial charge in [0.15, 0.2) is 0 Å². The van der Waals surface area contributed by atoms with Crippen molar-refractivity contribution in [3.8, 4) is 0 Å². The minimum atomic E-state index is -0.596. The van der Waals surface area contributed by atoms with Crippen molar-refractivity contribution in [1.29, 1.82) is 0 Å². The van der Waals surface area contributed by atoms with Crippen LogP contribution in [0.15, 0.2) is 42.5 Å². The van der Waals surface area contributed by atoms with Gasteiger partial charge in [0.2, 0.25) is 5.91 Å². The highest BCUT2D eigenvalue weighted by atomic mass is 35.5. The molecule has 4 rings (SSSR count). The summed E-state index contributed by atoms with van der Waals surface area (Å²) in [5.74, 6) is 0.0606. The molecule has 1 amide bonds. The van der Waals surface area contributed by atoms with Crippen LogP contribution in [-0.4, -0.2) is 37.0 Å². The summed E-state index contributed by atoms with van der Waals surface area (Å²) in [5, 5.41) is 7.70. The number of amides is 1. The largest absolute Gasteiger partial charge is 0.350 e. The van der Waals surface area contributed by atoms with Gasteiger partial charge in [-0.1, -0.05) is 47.5 Å². The standard InChI is InChI=1S/C21H23Cl2N3O/c22-17-11-15(12-18(23)13-17)14-25-20(27)21(26-9-7-24-8-10-26)6-5-16-3-1-2-4-19(16)21/h1-4,11-13,24H,5-10,14H2,(H,25,27). The molecule has 2 aliphatic rings. The minimum absolute atomic E-state index is 0.0606. The van der Waals surface area contributed by atoms with Gasteiger partial charge < -0.3 is 10.6 Å². The Hall–Kier alpha value is -1.59. The number of fused-ring (bicyclic) bond motifs is 1. The molecule has 142 valence electrons. The molecule has 1 aliphatic carbocycles. The Morgan fingerprint density at radius 2 is 1.81 bits per heavy atom. The van der Waals surface area contributed by atoms with E-state index < -0.39 is 5.54 Å². The van der Waals surface area contributed by atoms with Crippen LogP contribution in [0.4, 0.5) is 0 Å². The van der Waals surface area contributed by atoms with E-state index in [2.05, 4.69) is 33.7 Å². The summed E-state index contributed by atoms with van der Waals surface area (Å²) in [4.78, 5) is 15.9. The first-order valence-corrected chi connectivity index (χ1v) is 10.1. The minimum Gasteiger partial charge on any atom is -0.350 e. The van der Waals surface area contributed by atoms with Crippen molar-refractivity contribution in [3.63, 3.8) is 0 Å². The first-order chi connectivity index (χ1) is 13.1. The van der Waals surface area contributed by atoms with Gasteiger partial charge in [-0.3, -0.25) is 9.69 Å². The van der Waals surface area contributed by atoms with Gasteiger partial charge in [-0.05, 0) is 47.7 Å². The zero-order valence-corrected chi connectivity index (χ0v) is 16.6. The highest BCUT2D eigenvalue weighted by Crippen LogP contribution is 2.42. The van der Waals surface area contributed by atoms with Crippen LogP contribution < -0.4 is 10.6 Å². The number of piperazine rings is 1. The molecule has 0 bridgehead atoms. The van der Waals surface area contributed by atoms with Crippen molar-refractivity contribution in [2.24, 2.45) is 0 Å². The zero-order chi connectivity index (χ0) is 18.9. The van der Waals surface area contributed by atoms with Crippen molar-refractivity contribution in [2.75, 3.05) is 26.2 Å². The Balaban J connectivity index is 1.62. The highest BCUT2D eigenvalue weighted by Gasteiger charge is 2.49. The number of halogens is 2. The van der Waals surface area contributed by atoms with E-state index in [0.29, 0.717) is 16.6 Å². The predicted molar refractivity (Wildman–Crippen MR) is 109 cm³/mol. The SMILES string of the molecule is O=C(NCc1cc(Cl)cc(Cl)c1)C1(N2CCNCC2)CCc2ccccc21. The first-order valence-electron chi connectivity index (χ1n) is 9.37. The fourth-order valence-corrected chi connectivity index (χ4v) is 4.96. The maximum absolute atomic E-state index is 13.5. The highest BCUT2D eigenvalue weighted by molar-refractivity contribution is 6.34. The summed E-state index contributed by atoms with van der Waals surface area (Å²) in [6, 6.07) is 13.7. The van der Waals surface area contributed by atoms with Crippen molar-refractivity contribution in [2.45, 2.75) is 24.9 Å². The van der Waals surface area contributed by atoms with Crippen molar-refractivity contribution < 1.29 is 4.79 Å². The lowest BCUT2D eigenvalue weighted by Crippen LogP contribution is -2.60. The van der Waals surface area contributed by atoms with Gasteiger partial charge in [-0.15, -0.1) is 0 Å². The topological polar surface area (TPSA) is 44.4 Å². The van der Waals surface area contributed by atoms with E-state index in [1.807, 2.05) is 18.2 Å². The van der Waals surface area contributed by atoms with Crippen LogP contribution in [0.25, 0.3) is 0 Å². The Labute approximate surface area is 169 Å². The van der Waals surface area contributed by atoms with Crippen LogP contribution in [0, 0.1) is 0 Å². The molecule has 2 aromatic rings. The molecule has 0 spiro atoms. The number of nitrogens with zero attached hydrogens (tertiary/aromatic N) is 1. The van der Waals surface area contributed by atoms with Crippen LogP contribution in [0.5, 0.6) is 0 Å². The van der Waals surface area contributed by atoms with Gasteiger partial charge in [-0.2, -0.15) is 0 Å². The van der Waals surface area contributed by atoms with Crippen molar-refractivity contribution in [1.82, 2.24) is 15.5 Å². The quantitative estimate of drug-likeness (QED) is 0.822. The lowest BCUT2D eigenvalue weighted by atomic mass is 9.87. The summed E-state index contributed by atoms with van der Waals surface area (Å²) in [7, 11) is 0. The molecule has 27 heavy (non-hydrogen) atoms. The average molecular weight is 404 g/mol. The molecule has 0 saturated carbocycles. The maximum atomic E-state index is 13.5. The van der Waals surface area contributed by atoms with Gasteiger partial charge in [0.05, 0.1) is 0 Å². The Bertz CT molecular complexity index is 831. The summed E-state index contributed by atoms with van der Waals surface area (Å²) < 4.78 is 0. The third-order valence-corrected chi connectivity index (χ3v) is 6.06. The number of carbonyl (C=O) groups excluding carboxylic acids is 1. The lowest BCUT2D eigenvalue weighted by molar-refractivity contribution is -0.135. The number of aryl methyl sites for hydroxylation is 1. The normalized spacial score (nSPS) is 22.4. The van der Waals surface area contributed by atoms with Crippen LogP contribution in [-0.2, 0) is 23.3 Å². The molecule has 1 heterocycles. The second-order valence-corrected chi connectivity index (χ2v) is 8.09. The van der Waals surface area contributed by atoms with Crippen molar-refractivity contribution >= 4 is 29.1 Å². The summed E-state index contributed by atoms with van der Waals surface area (Å²) >= 11 is 12.2. The van der Waals surface area contributed by atoms with E-state index in [-0.39, 0.29) is 5.91 Å². The third kappa shape index (κ3) is 3.59. The fourth-order valence-electron chi connectivity index (χ4n) is 4.39. The van der Waals surface area contributed by atoms with Crippen LogP contribution in [0.1, 0.15) is 23.1 Å². The summed E-state index contributed by atoms with van der Waals surface area (Å²) in [5.41, 5.74) is 2.73. The predicted octanol–water partition coefficient (Wildman–Crippen LogP) is 3.36. The number of carbonyl (C=O) groups is 1. The molecular weight excluding hydrogens is 381 g/mol. The number of benzene rings is 2. The first kappa shape index (κ1) is 18.8. The van der Waals surface area contributed by atoms with E-state index in [0.717, 1.165) is 50.1 Å². The second kappa shape index (κ2) is 7.80. The molecule has 1 saturated heterocycles. The number of nitrogens with one attached hydrogen (secondary N) is 2. The number of hydrogen-bond acceptors (Lipinski definition) is 3. The van der Waals surface area contributed by atoms with E-state index in [9.17, 15) is 4.79 Å². The maximum Gasteiger partial charge on any atom is 0.245 e. The third-order valence-electron chi connectivity index (χ3n) is 5.63. The van der Waals surface area contributed by atoms with E-state index >= 15 is 0 Å². The monoisotopic (exact) mass is 403 g/mol. The van der Waals surface area contributed by atoms with Gasteiger partial charge in [0, 0.05) is 42.8 Å². The molecule has 1 aliphatic heterocycles. The Morgan fingerprint density at radius 3 is 2.56 bits per heavy atom. The smallest absolute Gasteiger partial charge is 0.245 e. The van der Waals surface area contributed by atoms with Crippen LogP contribution in [0.2, 0.25) is 10.0 Å². The van der Waals surface area contributed by atoms with E-state index in [1.54, 1.807) is 6.07 Å². The molecule has 2 N–H and O–H groups in total. The summed E-state index contributed by atoms with van der Waals surface area (Å²) in [6.07, 6.45) is 1.74. The van der Waals surface area contributed by atoms with Crippen LogP contribution >= 0.6 is 23.2 Å². The van der Waals surface area contributed by atoms with Gasteiger partial charge in [-0.25, -0.2) is 0 Å². The molecule has 4 nitrogen and oxygen atoms in total. The Kier molecular flexibility index (Phi) is 5.42. The molecule has 6 heteroatoms. The molecule has 1 fully saturated rings. The van der Waals surface area contributed by atoms with E-state index in [4.69, 9.17) is 23.2 Å². The number of rotatable bonds is 4. The van der Waals surface area contributed by atoms with E-state index in [1.165, 1.54) is 5.56 Å². The molecule has 0 radical (unpaired) electrons. The number of hydrogen-bond donors (Lipinski definition) is 2. The van der Waals surface area contributed by atoms with Gasteiger partial charge in [0.1, 0.15) is 5.54 Å². The zero-order valence-electron chi connectivity index (χ0n) is 15.1. The summed E-state index contributed by atoms with van der Waals surface area (Å²) in [6.45, 7) is 3.95. The average Bonchev–Trinajstić information content (AvgIpc) is 3.07. The molecule has 1 atom stereocenters. The molecule has 1 unspecified atom stereocenters. The Morgan fingerprint density at radius 1 is 1.11 bits per heavy atom. The van der Waals surface area contributed by atoms with Gasteiger partial charge >= 0.3 is 0 Å². The second-order valence-electron chi connectivity index (χ2n) is 7.21. The fraction of sp³-hybridized carbons (Fsp3) is 0.381.